The summed E-state index contributed by atoms with van der Waals surface area (Å²) in [5, 5.41) is 3.43. The molecule has 0 saturated carbocycles. The summed E-state index contributed by atoms with van der Waals surface area (Å²) in [7, 11) is 0. The predicted molar refractivity (Wildman–Crippen MR) is 109 cm³/mol. The van der Waals surface area contributed by atoms with Gasteiger partial charge in [-0.05, 0) is 44.0 Å². The lowest BCUT2D eigenvalue weighted by Gasteiger charge is -2.30. The first-order valence-corrected chi connectivity index (χ1v) is 9.77. The summed E-state index contributed by atoms with van der Waals surface area (Å²) in [4.78, 5) is 27.1. The summed E-state index contributed by atoms with van der Waals surface area (Å²) in [6.07, 6.45) is 0.859. The number of rotatable bonds is 8. The van der Waals surface area contributed by atoms with Gasteiger partial charge in [0.25, 0.3) is 0 Å². The Morgan fingerprint density at radius 3 is 2.50 bits per heavy atom. The molecular formula is C22H26ClFN2O2. The smallest absolute Gasteiger partial charge is 0.242 e. The molecule has 0 fully saturated rings. The van der Waals surface area contributed by atoms with Gasteiger partial charge in [-0.25, -0.2) is 4.39 Å². The number of nitrogens with zero attached hydrogens (tertiary/aromatic N) is 1. The molecule has 0 heterocycles. The summed E-state index contributed by atoms with van der Waals surface area (Å²) < 4.78 is 14.2. The maximum Gasteiger partial charge on any atom is 0.242 e. The van der Waals surface area contributed by atoms with E-state index in [1.165, 1.54) is 11.0 Å². The first-order chi connectivity index (χ1) is 13.3. The normalized spacial score (nSPS) is 12.9. The van der Waals surface area contributed by atoms with Gasteiger partial charge < -0.3 is 10.2 Å². The maximum atomic E-state index is 14.2. The van der Waals surface area contributed by atoms with Crippen molar-refractivity contribution in [3.63, 3.8) is 0 Å². The zero-order valence-electron chi connectivity index (χ0n) is 16.4. The molecule has 2 aromatic rings. The van der Waals surface area contributed by atoms with Gasteiger partial charge in [0.2, 0.25) is 11.8 Å². The van der Waals surface area contributed by atoms with Gasteiger partial charge in [-0.1, -0.05) is 48.9 Å². The summed E-state index contributed by atoms with van der Waals surface area (Å²) in [6.45, 7) is 5.55. The number of hydrogen-bond acceptors (Lipinski definition) is 2. The number of benzene rings is 2. The number of carbonyl (C=O) groups excluding carboxylic acids is 2. The van der Waals surface area contributed by atoms with Crippen LogP contribution in [0.5, 0.6) is 0 Å². The van der Waals surface area contributed by atoms with Crippen molar-refractivity contribution in [3.8, 4) is 0 Å². The summed E-state index contributed by atoms with van der Waals surface area (Å²) in [5.41, 5.74) is 1.11. The van der Waals surface area contributed by atoms with Gasteiger partial charge in [0.05, 0.1) is 6.42 Å². The van der Waals surface area contributed by atoms with E-state index in [0.717, 1.165) is 12.0 Å². The molecule has 6 heteroatoms. The maximum absolute atomic E-state index is 14.2. The molecule has 2 rings (SSSR count). The lowest BCUT2D eigenvalue weighted by atomic mass is 10.1. The van der Waals surface area contributed by atoms with Crippen LogP contribution in [0.3, 0.4) is 0 Å². The molecule has 2 aromatic carbocycles. The number of halogens is 2. The zero-order valence-corrected chi connectivity index (χ0v) is 17.2. The van der Waals surface area contributed by atoms with Crippen LogP contribution in [0.1, 0.15) is 38.3 Å². The van der Waals surface area contributed by atoms with E-state index in [1.807, 2.05) is 13.8 Å². The highest BCUT2D eigenvalue weighted by Crippen LogP contribution is 2.17. The van der Waals surface area contributed by atoms with Crippen LogP contribution < -0.4 is 5.32 Å². The van der Waals surface area contributed by atoms with Crippen LogP contribution in [0.2, 0.25) is 5.02 Å². The number of carbonyl (C=O) groups is 2. The molecule has 2 amide bonds. The Balaban J connectivity index is 2.25. The average Bonchev–Trinajstić information content (AvgIpc) is 2.66. The molecule has 0 aliphatic carbocycles. The van der Waals surface area contributed by atoms with E-state index in [0.29, 0.717) is 10.6 Å². The molecule has 0 aliphatic heterocycles. The van der Waals surface area contributed by atoms with E-state index in [1.54, 1.807) is 49.4 Å². The lowest BCUT2D eigenvalue weighted by molar-refractivity contribution is -0.140. The fraction of sp³-hybridized carbons (Fsp3) is 0.364. The van der Waals surface area contributed by atoms with Crippen molar-refractivity contribution in [2.45, 2.75) is 52.2 Å². The average molecular weight is 405 g/mol. The molecule has 0 unspecified atom stereocenters. The van der Waals surface area contributed by atoms with E-state index in [2.05, 4.69) is 5.32 Å². The van der Waals surface area contributed by atoms with Crippen molar-refractivity contribution in [2.75, 3.05) is 0 Å². The molecule has 1 N–H and O–H groups in total. The molecule has 0 spiro atoms. The van der Waals surface area contributed by atoms with Gasteiger partial charge in [0.1, 0.15) is 11.9 Å². The van der Waals surface area contributed by atoms with Crippen molar-refractivity contribution in [3.05, 3.63) is 70.5 Å². The third-order valence-corrected chi connectivity index (χ3v) is 4.95. The number of hydrogen-bond donors (Lipinski definition) is 1. The third-order valence-electron chi connectivity index (χ3n) is 4.71. The molecule has 150 valence electrons. The van der Waals surface area contributed by atoms with Crippen molar-refractivity contribution in [2.24, 2.45) is 0 Å². The largest absolute Gasteiger partial charge is 0.352 e. The number of amides is 2. The van der Waals surface area contributed by atoms with Crippen molar-refractivity contribution in [1.29, 1.82) is 0 Å². The first kappa shape index (κ1) is 21.9. The molecular weight excluding hydrogens is 379 g/mol. The van der Waals surface area contributed by atoms with Gasteiger partial charge in [-0.2, -0.15) is 0 Å². The second-order valence-corrected chi connectivity index (χ2v) is 7.35. The Morgan fingerprint density at radius 1 is 1.14 bits per heavy atom. The molecule has 2 atom stereocenters. The van der Waals surface area contributed by atoms with Crippen LogP contribution in [-0.2, 0) is 22.6 Å². The SMILES string of the molecule is CC[C@@H](C)NC(=O)[C@@H](C)N(Cc1ccccc1F)C(=O)Cc1cccc(Cl)c1. The molecule has 0 aliphatic rings. The highest BCUT2D eigenvalue weighted by molar-refractivity contribution is 6.30. The minimum atomic E-state index is -0.736. The van der Waals surface area contributed by atoms with Gasteiger partial charge in [-0.15, -0.1) is 0 Å². The Bertz CT molecular complexity index is 828. The van der Waals surface area contributed by atoms with Crippen LogP contribution in [0, 0.1) is 5.82 Å². The van der Waals surface area contributed by atoms with Gasteiger partial charge in [0.15, 0.2) is 0 Å². The van der Waals surface area contributed by atoms with Crippen LogP contribution in [-0.4, -0.2) is 28.8 Å². The van der Waals surface area contributed by atoms with Crippen molar-refractivity contribution in [1.82, 2.24) is 10.2 Å². The van der Waals surface area contributed by atoms with Crippen LogP contribution in [0.15, 0.2) is 48.5 Å². The van der Waals surface area contributed by atoms with Gasteiger partial charge in [0, 0.05) is 23.2 Å². The fourth-order valence-corrected chi connectivity index (χ4v) is 2.99. The Labute approximate surface area is 170 Å². The van der Waals surface area contributed by atoms with Crippen LogP contribution in [0.25, 0.3) is 0 Å². The minimum Gasteiger partial charge on any atom is -0.352 e. The molecule has 4 nitrogen and oxygen atoms in total. The third kappa shape index (κ3) is 6.06. The fourth-order valence-electron chi connectivity index (χ4n) is 2.78. The minimum absolute atomic E-state index is 0.00621. The summed E-state index contributed by atoms with van der Waals surface area (Å²) in [5.74, 6) is -0.931. The van der Waals surface area contributed by atoms with Gasteiger partial charge in [-0.3, -0.25) is 9.59 Å². The second-order valence-electron chi connectivity index (χ2n) is 6.91. The van der Waals surface area contributed by atoms with Crippen LogP contribution >= 0.6 is 11.6 Å². The quantitative estimate of drug-likeness (QED) is 0.710. The molecule has 0 aromatic heterocycles. The Kier molecular flexibility index (Phi) is 8.00. The zero-order chi connectivity index (χ0) is 20.7. The highest BCUT2D eigenvalue weighted by atomic mass is 35.5. The van der Waals surface area contributed by atoms with E-state index in [-0.39, 0.29) is 30.8 Å². The summed E-state index contributed by atoms with van der Waals surface area (Å²) in [6, 6.07) is 12.5. The second kappa shape index (κ2) is 10.2. The Morgan fingerprint density at radius 2 is 1.86 bits per heavy atom. The topological polar surface area (TPSA) is 49.4 Å². The van der Waals surface area contributed by atoms with E-state index in [4.69, 9.17) is 11.6 Å². The first-order valence-electron chi connectivity index (χ1n) is 9.39. The summed E-state index contributed by atoms with van der Waals surface area (Å²) >= 11 is 6.01. The highest BCUT2D eigenvalue weighted by Gasteiger charge is 2.27. The molecule has 0 radical (unpaired) electrons. The predicted octanol–water partition coefficient (Wildman–Crippen LogP) is 4.35. The van der Waals surface area contributed by atoms with Crippen molar-refractivity contribution < 1.29 is 14.0 Å². The molecule has 28 heavy (non-hydrogen) atoms. The van der Waals surface area contributed by atoms with E-state index < -0.39 is 11.9 Å². The van der Waals surface area contributed by atoms with Crippen LogP contribution in [0.4, 0.5) is 4.39 Å². The molecule has 0 bridgehead atoms. The van der Waals surface area contributed by atoms with E-state index >= 15 is 0 Å². The monoisotopic (exact) mass is 404 g/mol. The number of nitrogens with one attached hydrogen (secondary N) is 1. The standard InChI is InChI=1S/C22H26ClFN2O2/c1-4-15(2)25-22(28)16(3)26(14-18-9-5-6-11-20(18)24)21(27)13-17-8-7-10-19(23)12-17/h5-12,15-16H,4,13-14H2,1-3H3,(H,25,28)/t15-,16-/m1/s1. The van der Waals surface area contributed by atoms with Gasteiger partial charge >= 0.3 is 0 Å². The van der Waals surface area contributed by atoms with Crippen molar-refractivity contribution >= 4 is 23.4 Å². The van der Waals surface area contributed by atoms with E-state index in [9.17, 15) is 14.0 Å². The Hall–Kier alpha value is -2.40. The lowest BCUT2D eigenvalue weighted by Crippen LogP contribution is -2.50. The molecule has 0 saturated heterocycles.